The molecule has 0 aliphatic carbocycles. The third-order valence-corrected chi connectivity index (χ3v) is 3.85. The van der Waals surface area contributed by atoms with Crippen molar-refractivity contribution in [2.45, 2.75) is 33.8 Å². The minimum Gasteiger partial charge on any atom is -0.491 e. The van der Waals surface area contributed by atoms with Crippen molar-refractivity contribution in [1.29, 1.82) is 0 Å². The number of ether oxygens (including phenoxy) is 1. The number of nitrogens with zero attached hydrogens (tertiary/aromatic N) is 2. The number of hydrogen-bond donors (Lipinski definition) is 2. The van der Waals surface area contributed by atoms with Crippen molar-refractivity contribution in [2.75, 3.05) is 10.6 Å². The molecule has 3 rings (SSSR count). The second kappa shape index (κ2) is 8.52. The van der Waals surface area contributed by atoms with Crippen LogP contribution < -0.4 is 15.4 Å². The van der Waals surface area contributed by atoms with E-state index in [4.69, 9.17) is 4.74 Å². The largest absolute Gasteiger partial charge is 0.491 e. The van der Waals surface area contributed by atoms with Gasteiger partial charge < -0.3 is 15.4 Å². The van der Waals surface area contributed by atoms with Gasteiger partial charge in [0, 0.05) is 17.4 Å². The molecule has 0 spiro atoms. The predicted molar refractivity (Wildman–Crippen MR) is 111 cm³/mol. The zero-order valence-corrected chi connectivity index (χ0v) is 16.5. The highest BCUT2D eigenvalue weighted by molar-refractivity contribution is 6.03. The second-order valence-corrected chi connectivity index (χ2v) is 6.83. The Morgan fingerprint density at radius 3 is 2.39 bits per heavy atom. The van der Waals surface area contributed by atoms with Gasteiger partial charge in [0.15, 0.2) is 0 Å². The van der Waals surface area contributed by atoms with E-state index >= 15 is 0 Å². The topological polar surface area (TPSA) is 76.1 Å². The van der Waals surface area contributed by atoms with Gasteiger partial charge in [-0.3, -0.25) is 4.79 Å². The normalized spacial score (nSPS) is 10.6. The number of anilines is 3. The summed E-state index contributed by atoms with van der Waals surface area (Å²) in [4.78, 5) is 21.3. The monoisotopic (exact) mass is 376 g/mol. The molecule has 2 N–H and O–H groups in total. The predicted octanol–water partition coefficient (Wildman–Crippen LogP) is 4.88. The highest BCUT2D eigenvalue weighted by Crippen LogP contribution is 2.19. The summed E-state index contributed by atoms with van der Waals surface area (Å²) < 4.78 is 5.61. The van der Waals surface area contributed by atoms with Crippen LogP contribution in [0.1, 0.15) is 35.7 Å². The van der Waals surface area contributed by atoms with E-state index < -0.39 is 0 Å². The van der Waals surface area contributed by atoms with Gasteiger partial charge in [-0.1, -0.05) is 12.1 Å². The van der Waals surface area contributed by atoms with Crippen molar-refractivity contribution in [3.05, 3.63) is 71.7 Å². The molecule has 3 aromatic rings. The Morgan fingerprint density at radius 2 is 1.71 bits per heavy atom. The molecule has 28 heavy (non-hydrogen) atoms. The van der Waals surface area contributed by atoms with Crippen LogP contribution in [0, 0.1) is 13.8 Å². The summed E-state index contributed by atoms with van der Waals surface area (Å²) in [5, 5.41) is 6.08. The molecule has 0 aliphatic rings. The van der Waals surface area contributed by atoms with Crippen molar-refractivity contribution < 1.29 is 9.53 Å². The lowest BCUT2D eigenvalue weighted by Crippen LogP contribution is -2.15. The Bertz CT molecular complexity index is 969. The molecule has 1 heterocycles. The number of aromatic nitrogens is 2. The molecule has 0 saturated carbocycles. The zero-order chi connectivity index (χ0) is 20.1. The van der Waals surface area contributed by atoms with E-state index in [-0.39, 0.29) is 12.0 Å². The van der Waals surface area contributed by atoms with Gasteiger partial charge in [-0.05, 0) is 69.7 Å². The van der Waals surface area contributed by atoms with Crippen LogP contribution in [0.15, 0.2) is 54.6 Å². The molecule has 0 unspecified atom stereocenters. The van der Waals surface area contributed by atoms with Gasteiger partial charge in [0.1, 0.15) is 23.1 Å². The lowest BCUT2D eigenvalue weighted by atomic mass is 10.2. The van der Waals surface area contributed by atoms with Crippen molar-refractivity contribution in [3.8, 4) is 5.75 Å². The Labute approximate surface area is 165 Å². The first-order valence-electron chi connectivity index (χ1n) is 9.16. The molecule has 0 fully saturated rings. The van der Waals surface area contributed by atoms with E-state index in [1.54, 1.807) is 25.1 Å². The zero-order valence-electron chi connectivity index (χ0n) is 16.5. The molecular weight excluding hydrogens is 352 g/mol. The minimum absolute atomic E-state index is 0.101. The number of aryl methyl sites for hydroxylation is 2. The Kier molecular flexibility index (Phi) is 5.89. The molecular formula is C22H24N4O2. The van der Waals surface area contributed by atoms with Crippen molar-refractivity contribution in [2.24, 2.45) is 0 Å². The molecule has 0 bridgehead atoms. The molecule has 0 saturated heterocycles. The van der Waals surface area contributed by atoms with Gasteiger partial charge in [-0.2, -0.15) is 0 Å². The average molecular weight is 376 g/mol. The van der Waals surface area contributed by atoms with Gasteiger partial charge in [-0.15, -0.1) is 0 Å². The summed E-state index contributed by atoms with van der Waals surface area (Å²) in [5.41, 5.74) is 3.01. The van der Waals surface area contributed by atoms with Crippen LogP contribution in [0.25, 0.3) is 0 Å². The Hall–Kier alpha value is -3.41. The van der Waals surface area contributed by atoms with Gasteiger partial charge in [0.05, 0.1) is 6.10 Å². The summed E-state index contributed by atoms with van der Waals surface area (Å²) in [7, 11) is 0. The Morgan fingerprint density at radius 1 is 0.964 bits per heavy atom. The highest BCUT2D eigenvalue weighted by atomic mass is 16.5. The van der Waals surface area contributed by atoms with Crippen LogP contribution in [-0.2, 0) is 0 Å². The van der Waals surface area contributed by atoms with Crippen LogP contribution in [-0.4, -0.2) is 22.0 Å². The first-order valence-corrected chi connectivity index (χ1v) is 9.16. The van der Waals surface area contributed by atoms with E-state index in [0.717, 1.165) is 17.0 Å². The van der Waals surface area contributed by atoms with Crippen LogP contribution in [0.5, 0.6) is 5.75 Å². The fraction of sp³-hybridized carbons (Fsp3) is 0.227. The molecule has 6 heteroatoms. The van der Waals surface area contributed by atoms with Gasteiger partial charge in [0.25, 0.3) is 5.91 Å². The van der Waals surface area contributed by atoms with E-state index in [0.29, 0.717) is 23.0 Å². The van der Waals surface area contributed by atoms with Crippen LogP contribution >= 0.6 is 0 Å². The molecule has 0 radical (unpaired) electrons. The molecule has 1 amide bonds. The summed E-state index contributed by atoms with van der Waals surface area (Å²) in [5.74, 6) is 1.55. The fourth-order valence-electron chi connectivity index (χ4n) is 2.70. The van der Waals surface area contributed by atoms with E-state index in [9.17, 15) is 4.79 Å². The number of rotatable bonds is 6. The third kappa shape index (κ3) is 5.30. The number of nitrogens with one attached hydrogen (secondary N) is 2. The van der Waals surface area contributed by atoms with Gasteiger partial charge in [-0.25, -0.2) is 9.97 Å². The quantitative estimate of drug-likeness (QED) is 0.641. The first-order chi connectivity index (χ1) is 13.4. The third-order valence-electron chi connectivity index (χ3n) is 3.85. The molecule has 2 aromatic carbocycles. The maximum Gasteiger partial charge on any atom is 0.274 e. The average Bonchev–Trinajstić information content (AvgIpc) is 2.62. The van der Waals surface area contributed by atoms with Gasteiger partial charge >= 0.3 is 0 Å². The maximum absolute atomic E-state index is 12.6. The van der Waals surface area contributed by atoms with Crippen molar-refractivity contribution in [3.63, 3.8) is 0 Å². The fourth-order valence-corrected chi connectivity index (χ4v) is 2.70. The lowest BCUT2D eigenvalue weighted by Gasteiger charge is -2.11. The molecule has 144 valence electrons. The summed E-state index contributed by atoms with van der Waals surface area (Å²) >= 11 is 0. The molecule has 0 atom stereocenters. The summed E-state index contributed by atoms with van der Waals surface area (Å²) in [6, 6.07) is 16.8. The standard InChI is InChI=1S/C22H24N4O2/c1-14(2)28-19-10-8-17(9-11-19)26-22(27)20-13-21(24-16(4)23-20)25-18-7-5-6-15(3)12-18/h5-14H,1-4H3,(H,26,27)(H,23,24,25). The summed E-state index contributed by atoms with van der Waals surface area (Å²) in [6.45, 7) is 7.72. The lowest BCUT2D eigenvalue weighted by molar-refractivity contribution is 0.102. The molecule has 6 nitrogen and oxygen atoms in total. The summed E-state index contributed by atoms with van der Waals surface area (Å²) in [6.07, 6.45) is 0.101. The van der Waals surface area contributed by atoms with Crippen molar-refractivity contribution in [1.82, 2.24) is 9.97 Å². The molecule has 1 aromatic heterocycles. The minimum atomic E-state index is -0.296. The smallest absolute Gasteiger partial charge is 0.274 e. The maximum atomic E-state index is 12.6. The second-order valence-electron chi connectivity index (χ2n) is 6.83. The van der Waals surface area contributed by atoms with Crippen LogP contribution in [0.3, 0.4) is 0 Å². The number of hydrogen-bond acceptors (Lipinski definition) is 5. The van der Waals surface area contributed by atoms with Crippen molar-refractivity contribution >= 4 is 23.1 Å². The van der Waals surface area contributed by atoms with Crippen LogP contribution in [0.4, 0.5) is 17.2 Å². The van der Waals surface area contributed by atoms with E-state index in [1.807, 2.05) is 57.2 Å². The number of carbonyl (C=O) groups is 1. The SMILES string of the molecule is Cc1cccc(Nc2cc(C(=O)Nc3ccc(OC(C)C)cc3)nc(C)n2)c1. The number of amides is 1. The van der Waals surface area contributed by atoms with E-state index in [1.165, 1.54) is 0 Å². The molecule has 0 aliphatic heterocycles. The number of carbonyl (C=O) groups excluding carboxylic acids is 1. The first kappa shape index (κ1) is 19.4. The van der Waals surface area contributed by atoms with E-state index in [2.05, 4.69) is 20.6 Å². The van der Waals surface area contributed by atoms with Crippen LogP contribution in [0.2, 0.25) is 0 Å². The highest BCUT2D eigenvalue weighted by Gasteiger charge is 2.11. The number of benzene rings is 2. The Balaban J connectivity index is 1.73. The van der Waals surface area contributed by atoms with Gasteiger partial charge in [0.2, 0.25) is 0 Å².